The van der Waals surface area contributed by atoms with Crippen molar-refractivity contribution in [3.63, 3.8) is 0 Å². The first-order chi connectivity index (χ1) is 9.92. The van der Waals surface area contributed by atoms with E-state index >= 15 is 0 Å². The monoisotopic (exact) mass is 310 g/mol. The van der Waals surface area contributed by atoms with Gasteiger partial charge in [0.2, 0.25) is 11.8 Å². The number of primary amides is 1. The fraction of sp³-hybridized carbons (Fsp3) is 0.467. The van der Waals surface area contributed by atoms with Crippen LogP contribution in [0.1, 0.15) is 12.5 Å². The van der Waals surface area contributed by atoms with Gasteiger partial charge in [0, 0.05) is 23.7 Å². The molecular weight excluding hydrogens is 292 g/mol. The lowest BCUT2D eigenvalue weighted by molar-refractivity contribution is -0.129. The van der Waals surface area contributed by atoms with Gasteiger partial charge < -0.3 is 15.4 Å². The van der Waals surface area contributed by atoms with Gasteiger partial charge in [-0.25, -0.2) is 0 Å². The first kappa shape index (κ1) is 15.6. The summed E-state index contributed by atoms with van der Waals surface area (Å²) in [5.74, 6) is 0.0543. The van der Waals surface area contributed by atoms with Crippen molar-refractivity contribution in [1.29, 1.82) is 0 Å². The molecule has 0 unspecified atom stereocenters. The van der Waals surface area contributed by atoms with E-state index in [0.29, 0.717) is 23.9 Å². The third kappa shape index (κ3) is 3.47. The van der Waals surface area contributed by atoms with Gasteiger partial charge in [0.25, 0.3) is 0 Å². The molecule has 0 radical (unpaired) electrons. The number of carbonyl (C=O) groups is 2. The van der Waals surface area contributed by atoms with Crippen molar-refractivity contribution >= 4 is 23.4 Å². The summed E-state index contributed by atoms with van der Waals surface area (Å²) >= 11 is 5.96. The first-order valence-corrected chi connectivity index (χ1v) is 7.19. The van der Waals surface area contributed by atoms with Crippen LogP contribution < -0.4 is 10.5 Å². The SMILES string of the molecule is COc1ccc(Cl)cc1CC(=O)N1C[C@@H](C)[C@H](C(N)=O)C1. The van der Waals surface area contributed by atoms with E-state index in [2.05, 4.69) is 0 Å². The molecule has 1 saturated heterocycles. The standard InChI is InChI=1S/C15H19ClN2O3/c1-9-7-18(8-12(9)15(17)20)14(19)6-10-5-11(16)3-4-13(10)21-2/h3-5,9,12H,6-8H2,1-2H3,(H2,17,20)/t9-,12-/m1/s1. The van der Waals surface area contributed by atoms with Crippen LogP contribution >= 0.6 is 11.6 Å². The Bertz CT molecular complexity index is 562. The highest BCUT2D eigenvalue weighted by Gasteiger charge is 2.35. The van der Waals surface area contributed by atoms with Gasteiger partial charge in [-0.1, -0.05) is 18.5 Å². The summed E-state index contributed by atoms with van der Waals surface area (Å²) in [5.41, 5.74) is 6.10. The van der Waals surface area contributed by atoms with Gasteiger partial charge in [-0.05, 0) is 24.1 Å². The van der Waals surface area contributed by atoms with Crippen LogP contribution in [0, 0.1) is 11.8 Å². The largest absolute Gasteiger partial charge is 0.496 e. The molecule has 1 aliphatic heterocycles. The second-order valence-corrected chi connectivity index (χ2v) is 5.85. The van der Waals surface area contributed by atoms with E-state index in [9.17, 15) is 9.59 Å². The summed E-state index contributed by atoms with van der Waals surface area (Å²) in [5, 5.41) is 0.559. The van der Waals surface area contributed by atoms with Crippen molar-refractivity contribution in [3.8, 4) is 5.75 Å². The van der Waals surface area contributed by atoms with E-state index in [1.807, 2.05) is 6.92 Å². The summed E-state index contributed by atoms with van der Waals surface area (Å²) in [6, 6.07) is 5.18. The quantitative estimate of drug-likeness (QED) is 0.915. The molecule has 114 valence electrons. The topological polar surface area (TPSA) is 72.6 Å². The molecule has 0 aliphatic carbocycles. The van der Waals surface area contributed by atoms with Crippen molar-refractivity contribution < 1.29 is 14.3 Å². The molecule has 1 fully saturated rings. The molecule has 0 bridgehead atoms. The number of ether oxygens (including phenoxy) is 1. The number of carbonyl (C=O) groups excluding carboxylic acids is 2. The zero-order chi connectivity index (χ0) is 15.6. The number of nitrogens with two attached hydrogens (primary N) is 1. The maximum absolute atomic E-state index is 12.4. The molecule has 1 heterocycles. The van der Waals surface area contributed by atoms with Crippen LogP contribution in [0.4, 0.5) is 0 Å². The Morgan fingerprint density at radius 2 is 2.14 bits per heavy atom. The first-order valence-electron chi connectivity index (χ1n) is 6.82. The zero-order valence-electron chi connectivity index (χ0n) is 12.1. The van der Waals surface area contributed by atoms with E-state index in [1.54, 1.807) is 30.2 Å². The molecule has 2 rings (SSSR count). The second-order valence-electron chi connectivity index (χ2n) is 5.42. The van der Waals surface area contributed by atoms with Crippen LogP contribution in [0.15, 0.2) is 18.2 Å². The number of hydrogen-bond acceptors (Lipinski definition) is 3. The lowest BCUT2D eigenvalue weighted by atomic mass is 9.98. The number of methoxy groups -OCH3 is 1. The number of benzene rings is 1. The van der Waals surface area contributed by atoms with Crippen LogP contribution in [-0.2, 0) is 16.0 Å². The van der Waals surface area contributed by atoms with Crippen LogP contribution in [0.5, 0.6) is 5.75 Å². The number of halogens is 1. The van der Waals surface area contributed by atoms with E-state index in [-0.39, 0.29) is 30.1 Å². The molecule has 2 N–H and O–H groups in total. The van der Waals surface area contributed by atoms with Crippen LogP contribution in [0.3, 0.4) is 0 Å². The van der Waals surface area contributed by atoms with E-state index in [4.69, 9.17) is 22.1 Å². The third-order valence-electron chi connectivity index (χ3n) is 3.91. The smallest absolute Gasteiger partial charge is 0.227 e. The summed E-state index contributed by atoms with van der Waals surface area (Å²) in [7, 11) is 1.55. The maximum Gasteiger partial charge on any atom is 0.227 e. The molecule has 0 aromatic heterocycles. The average molecular weight is 311 g/mol. The Morgan fingerprint density at radius 1 is 1.43 bits per heavy atom. The molecule has 0 saturated carbocycles. The Labute approximate surface area is 129 Å². The summed E-state index contributed by atoms with van der Waals surface area (Å²) in [4.78, 5) is 25.4. The Morgan fingerprint density at radius 3 is 2.71 bits per heavy atom. The minimum atomic E-state index is -0.349. The summed E-state index contributed by atoms with van der Waals surface area (Å²) in [6.45, 7) is 2.87. The number of nitrogens with zero attached hydrogens (tertiary/aromatic N) is 1. The Kier molecular flexibility index (Phi) is 4.73. The van der Waals surface area contributed by atoms with Gasteiger partial charge in [0.05, 0.1) is 19.4 Å². The van der Waals surface area contributed by atoms with Gasteiger partial charge in [-0.3, -0.25) is 9.59 Å². The fourth-order valence-electron chi connectivity index (χ4n) is 2.70. The lowest BCUT2D eigenvalue weighted by Gasteiger charge is -2.17. The minimum absolute atomic E-state index is 0.0498. The predicted molar refractivity (Wildman–Crippen MR) is 80.1 cm³/mol. The number of likely N-dealkylation sites (tertiary alicyclic amines) is 1. The molecule has 6 heteroatoms. The van der Waals surface area contributed by atoms with Gasteiger partial charge in [-0.15, -0.1) is 0 Å². The highest BCUT2D eigenvalue weighted by molar-refractivity contribution is 6.30. The summed E-state index contributed by atoms with van der Waals surface area (Å²) < 4.78 is 5.24. The molecule has 2 atom stereocenters. The molecule has 2 amide bonds. The number of amides is 2. The molecule has 1 aromatic rings. The van der Waals surface area contributed by atoms with Crippen molar-refractivity contribution in [2.75, 3.05) is 20.2 Å². The minimum Gasteiger partial charge on any atom is -0.496 e. The van der Waals surface area contributed by atoms with Gasteiger partial charge >= 0.3 is 0 Å². The van der Waals surface area contributed by atoms with Crippen molar-refractivity contribution in [2.45, 2.75) is 13.3 Å². The normalized spacial score (nSPS) is 21.4. The predicted octanol–water partition coefficient (Wildman–Crippen LogP) is 1.47. The van der Waals surface area contributed by atoms with Crippen LogP contribution in [0.2, 0.25) is 5.02 Å². The fourth-order valence-corrected chi connectivity index (χ4v) is 2.90. The number of rotatable bonds is 4. The Balaban J connectivity index is 2.09. The summed E-state index contributed by atoms with van der Waals surface area (Å²) in [6.07, 6.45) is 0.196. The van der Waals surface area contributed by atoms with Crippen molar-refractivity contribution in [1.82, 2.24) is 4.90 Å². The Hall–Kier alpha value is -1.75. The van der Waals surface area contributed by atoms with E-state index in [1.165, 1.54) is 0 Å². The van der Waals surface area contributed by atoms with E-state index < -0.39 is 0 Å². The number of hydrogen-bond donors (Lipinski definition) is 1. The molecule has 5 nitrogen and oxygen atoms in total. The highest BCUT2D eigenvalue weighted by Crippen LogP contribution is 2.26. The highest BCUT2D eigenvalue weighted by atomic mass is 35.5. The molecule has 21 heavy (non-hydrogen) atoms. The molecule has 0 spiro atoms. The van der Waals surface area contributed by atoms with Gasteiger partial charge in [0.15, 0.2) is 0 Å². The molecular formula is C15H19ClN2O3. The van der Waals surface area contributed by atoms with Crippen LogP contribution in [0.25, 0.3) is 0 Å². The van der Waals surface area contributed by atoms with E-state index in [0.717, 1.165) is 5.56 Å². The van der Waals surface area contributed by atoms with Gasteiger partial charge in [0.1, 0.15) is 5.75 Å². The average Bonchev–Trinajstić information content (AvgIpc) is 2.81. The molecule has 1 aliphatic rings. The third-order valence-corrected chi connectivity index (χ3v) is 4.15. The lowest BCUT2D eigenvalue weighted by Crippen LogP contribution is -2.32. The van der Waals surface area contributed by atoms with Crippen molar-refractivity contribution in [2.24, 2.45) is 17.6 Å². The second kappa shape index (κ2) is 6.35. The zero-order valence-corrected chi connectivity index (χ0v) is 12.9. The van der Waals surface area contributed by atoms with Crippen LogP contribution in [-0.4, -0.2) is 36.9 Å². The molecule has 1 aromatic carbocycles. The van der Waals surface area contributed by atoms with Gasteiger partial charge in [-0.2, -0.15) is 0 Å². The van der Waals surface area contributed by atoms with Crippen molar-refractivity contribution in [3.05, 3.63) is 28.8 Å². The maximum atomic E-state index is 12.4.